The largest absolute Gasteiger partial charge is 2.00 e. The average molecular weight is 1330 g/mol. The minimum atomic E-state index is -1.37. The van der Waals surface area contributed by atoms with Gasteiger partial charge in [0.1, 0.15) is 11.5 Å². The van der Waals surface area contributed by atoms with E-state index < -0.39 is 11.9 Å². The third-order valence-electron chi connectivity index (χ3n) is 18.1. The number of unbranched alkanes of at least 4 members (excludes halogenated alkanes) is 16. The van der Waals surface area contributed by atoms with Crippen LogP contribution < -0.4 is 24.3 Å². The standard InChI is InChI=1S/C84H95N5O6.Zn/c1-7-11-15-19-21-25-55-94-76-33-27-29-58(5)78(76)80-70-49-47-68(85-70)66(46-40-62-39-45-65(83(90)91)67(57-62)84(92)93)69-48-50-71(86-69)81(79-59(6)30-28-34-77(79)95-56-26-22-20-16-12-8-2)73-52-54-75(88-73)82(74-53-51-72(80)87-74)89(63-41-35-60(36-42-63)31-23-17-13-9-3)64-43-37-61(38-44-64)32-24-18-14-10-4;/h27-30,33-39,41-45,47-54,57H,7-26,31-32,55-56H2,1-6H3,(H4,85,86,87,88,90,91,92,93);/q;+2/p-2. The van der Waals surface area contributed by atoms with Gasteiger partial charge in [-0.2, -0.15) is 0 Å². The second kappa shape index (κ2) is 35.8. The molecule has 2 N–H and O–H groups in total. The molecule has 8 bridgehead atoms. The molecule has 492 valence electrons. The van der Waals surface area contributed by atoms with Gasteiger partial charge in [-0.1, -0.05) is 215 Å². The molecule has 0 amide bonds. The molecule has 11 nitrogen and oxygen atoms in total. The molecule has 96 heavy (non-hydrogen) atoms. The Labute approximate surface area is 581 Å². The molecule has 8 aromatic rings. The molecule has 5 aromatic carbocycles. The van der Waals surface area contributed by atoms with E-state index in [1.807, 2.05) is 48.6 Å². The number of aromatic nitrogens is 4. The van der Waals surface area contributed by atoms with Crippen molar-refractivity contribution in [1.82, 2.24) is 19.9 Å². The topological polar surface area (TPSA) is 150 Å². The van der Waals surface area contributed by atoms with Crippen LogP contribution in [0.2, 0.25) is 0 Å². The number of hydrogen-bond acceptors (Lipinski definition) is 7. The number of nitrogens with zero attached hydrogens (tertiary/aromatic N) is 5. The van der Waals surface area contributed by atoms with Crippen molar-refractivity contribution in [3.05, 3.63) is 195 Å². The number of aryl methyl sites for hydroxylation is 4. The number of fused-ring (bicyclic) bond motifs is 8. The Bertz CT molecular complexity index is 4140. The Balaban J connectivity index is 0.0000108. The first-order chi connectivity index (χ1) is 46.5. The fraction of sp³-hybridized carbons (Fsp3) is 0.357. The molecule has 0 radical (unpaired) electrons. The van der Waals surface area contributed by atoms with Crippen LogP contribution in [0.25, 0.3) is 68.6 Å². The van der Waals surface area contributed by atoms with E-state index >= 15 is 0 Å². The number of benzene rings is 5. The van der Waals surface area contributed by atoms with Gasteiger partial charge in [0.25, 0.3) is 0 Å². The van der Waals surface area contributed by atoms with Crippen LogP contribution in [0, 0.1) is 25.7 Å². The normalized spacial score (nSPS) is 11.5. The SMILES string of the molecule is CCCCCCCCOc1cccc(C)c1-c1c2nc(c(N(c3ccc(CCCCCC)cc3)c3ccc(CCCCCC)cc3)c3ccc([n-]3)c(-c3c(C)cccc3OCCCCCCCC)c3nc(c(C#Cc4ccc(C(=O)O)c(C(=O)O)c4)c4ccc1[n-]4)C=C3)C=C2.[Zn+2]. The van der Waals surface area contributed by atoms with Crippen LogP contribution in [0.4, 0.5) is 17.1 Å². The smallest absolute Gasteiger partial charge is 0.656 e. The second-order valence-corrected chi connectivity index (χ2v) is 25.4. The summed E-state index contributed by atoms with van der Waals surface area (Å²) in [4.78, 5) is 49.7. The van der Waals surface area contributed by atoms with Gasteiger partial charge in [0.15, 0.2) is 0 Å². The zero-order chi connectivity index (χ0) is 66.5. The Morgan fingerprint density at radius 3 is 1.36 bits per heavy atom. The summed E-state index contributed by atoms with van der Waals surface area (Å²) in [5.41, 5.74) is 15.8. The number of carboxylic acids is 2. The van der Waals surface area contributed by atoms with Crippen molar-refractivity contribution >= 4 is 75.4 Å². The Hall–Kier alpha value is -8.78. The quantitative estimate of drug-likeness (QED) is 0.0230. The van der Waals surface area contributed by atoms with Crippen molar-refractivity contribution in [2.75, 3.05) is 18.1 Å². The van der Waals surface area contributed by atoms with E-state index in [0.717, 1.165) is 126 Å². The Morgan fingerprint density at radius 2 is 0.865 bits per heavy atom. The molecule has 0 saturated heterocycles. The Morgan fingerprint density at radius 1 is 0.438 bits per heavy atom. The molecule has 3 aromatic heterocycles. The number of hydrogen-bond donors (Lipinski definition) is 2. The predicted octanol–water partition coefficient (Wildman–Crippen LogP) is 21.9. The van der Waals surface area contributed by atoms with Gasteiger partial charge < -0.3 is 34.6 Å². The molecule has 0 spiro atoms. The van der Waals surface area contributed by atoms with Gasteiger partial charge >= 0.3 is 31.4 Å². The van der Waals surface area contributed by atoms with E-state index in [1.54, 1.807) is 0 Å². The molecule has 0 fully saturated rings. The zero-order valence-corrected chi connectivity index (χ0v) is 60.3. The summed E-state index contributed by atoms with van der Waals surface area (Å²) < 4.78 is 13.7. The fourth-order valence-corrected chi connectivity index (χ4v) is 12.9. The maximum absolute atomic E-state index is 12.5. The first-order valence-electron chi connectivity index (χ1n) is 35.1. The number of ether oxygens (including phenoxy) is 2. The molecule has 0 unspecified atom stereocenters. The molecule has 0 aliphatic carbocycles. The van der Waals surface area contributed by atoms with Crippen molar-refractivity contribution < 1.29 is 48.8 Å². The molecule has 2 aliphatic heterocycles. The van der Waals surface area contributed by atoms with E-state index in [0.29, 0.717) is 69.2 Å². The molecule has 0 atom stereocenters. The summed E-state index contributed by atoms with van der Waals surface area (Å²) in [6.45, 7) is 14.3. The summed E-state index contributed by atoms with van der Waals surface area (Å²) in [6.07, 6.45) is 33.2. The van der Waals surface area contributed by atoms with Gasteiger partial charge in [0.2, 0.25) is 0 Å². The first kappa shape index (κ1) is 71.5. The predicted molar refractivity (Wildman–Crippen MR) is 392 cm³/mol. The van der Waals surface area contributed by atoms with Crippen LogP contribution in [-0.4, -0.2) is 45.3 Å². The van der Waals surface area contributed by atoms with Crippen LogP contribution in [0.15, 0.2) is 127 Å². The number of carbonyl (C=O) groups is 2. The number of aromatic carboxylic acids is 2. The van der Waals surface area contributed by atoms with Gasteiger partial charge in [-0.15, -0.1) is 22.1 Å². The van der Waals surface area contributed by atoms with Gasteiger partial charge in [-0.25, -0.2) is 19.6 Å². The van der Waals surface area contributed by atoms with E-state index in [9.17, 15) is 19.8 Å². The minimum absolute atomic E-state index is 0. The van der Waals surface area contributed by atoms with Gasteiger partial charge in [-0.05, 0) is 165 Å². The molecule has 5 heterocycles. The van der Waals surface area contributed by atoms with Gasteiger partial charge in [0.05, 0.1) is 52.8 Å². The molecular weight excluding hydrogens is 1240 g/mol. The Kier molecular flexibility index (Phi) is 26.7. The van der Waals surface area contributed by atoms with E-state index in [-0.39, 0.29) is 30.6 Å². The van der Waals surface area contributed by atoms with Crippen LogP contribution in [0.1, 0.15) is 233 Å². The van der Waals surface area contributed by atoms with Crippen molar-refractivity contribution in [2.45, 2.75) is 183 Å². The van der Waals surface area contributed by atoms with Crippen molar-refractivity contribution in [2.24, 2.45) is 0 Å². The molecule has 2 aliphatic rings. The third-order valence-corrected chi connectivity index (χ3v) is 18.1. The zero-order valence-electron chi connectivity index (χ0n) is 57.4. The minimum Gasteiger partial charge on any atom is -0.656 e. The molecular formula is C84H93N5O6Zn. The summed E-state index contributed by atoms with van der Waals surface area (Å²) in [6, 6.07) is 42.8. The number of anilines is 3. The number of carboxylic acid groups (broad SMARTS) is 2. The third kappa shape index (κ3) is 18.0. The monoisotopic (exact) mass is 1330 g/mol. The van der Waals surface area contributed by atoms with Crippen LogP contribution in [-0.2, 0) is 32.3 Å². The van der Waals surface area contributed by atoms with Crippen molar-refractivity contribution in [3.63, 3.8) is 0 Å². The summed E-state index contributed by atoms with van der Waals surface area (Å²) >= 11 is 0. The van der Waals surface area contributed by atoms with Gasteiger partial charge in [-0.3, -0.25) is 0 Å². The van der Waals surface area contributed by atoms with Crippen LogP contribution in [0.3, 0.4) is 0 Å². The van der Waals surface area contributed by atoms with E-state index in [2.05, 4.69) is 143 Å². The summed E-state index contributed by atoms with van der Waals surface area (Å²) in [7, 11) is 0. The number of rotatable bonds is 33. The average Bonchev–Trinajstić information content (AvgIpc) is 1.57. The fourth-order valence-electron chi connectivity index (χ4n) is 12.9. The van der Waals surface area contributed by atoms with Crippen LogP contribution in [0.5, 0.6) is 11.5 Å². The first-order valence-corrected chi connectivity index (χ1v) is 35.1. The summed E-state index contributed by atoms with van der Waals surface area (Å²) in [5.74, 6) is 5.34. The van der Waals surface area contributed by atoms with E-state index in [4.69, 9.17) is 29.4 Å². The maximum Gasteiger partial charge on any atom is 2.00 e. The summed E-state index contributed by atoms with van der Waals surface area (Å²) in [5, 5.41) is 20.1. The van der Waals surface area contributed by atoms with Crippen molar-refractivity contribution in [3.8, 4) is 45.6 Å². The van der Waals surface area contributed by atoms with E-state index in [1.165, 1.54) is 106 Å². The van der Waals surface area contributed by atoms with Crippen LogP contribution >= 0.6 is 0 Å². The molecule has 12 heteroatoms. The van der Waals surface area contributed by atoms with Crippen molar-refractivity contribution in [1.29, 1.82) is 0 Å². The second-order valence-electron chi connectivity index (χ2n) is 25.4. The molecule has 0 saturated carbocycles. The maximum atomic E-state index is 12.5. The molecule has 10 rings (SSSR count). The van der Waals surface area contributed by atoms with Gasteiger partial charge in [0, 0.05) is 33.6 Å².